The van der Waals surface area contributed by atoms with Gasteiger partial charge in [0, 0.05) is 6.42 Å². The smallest absolute Gasteiger partial charge is 0.168 e. The van der Waals surface area contributed by atoms with E-state index in [1.54, 1.807) is 11.3 Å². The first kappa shape index (κ1) is 9.42. The number of carbonyl (C=O) groups is 1. The van der Waals surface area contributed by atoms with Crippen LogP contribution in [0.3, 0.4) is 0 Å². The number of aliphatic hydroxyl groups is 1. The van der Waals surface area contributed by atoms with Gasteiger partial charge in [-0.15, -0.1) is 0 Å². The quantitative estimate of drug-likeness (QED) is 0.775. The molecule has 12 heavy (non-hydrogen) atoms. The van der Waals surface area contributed by atoms with Crippen molar-refractivity contribution in [2.24, 2.45) is 0 Å². The van der Waals surface area contributed by atoms with Gasteiger partial charge in [-0.05, 0) is 36.2 Å². The number of thiophene rings is 1. The molecule has 0 aliphatic rings. The first-order valence-corrected chi connectivity index (χ1v) is 4.71. The number of hydrogen-bond donors (Lipinski definition) is 1. The van der Waals surface area contributed by atoms with Crippen molar-refractivity contribution in [3.05, 3.63) is 22.4 Å². The average Bonchev–Trinajstić information content (AvgIpc) is 2.37. The molecular formula is C9H12O2S. The predicted molar refractivity (Wildman–Crippen MR) is 49.3 cm³/mol. The van der Waals surface area contributed by atoms with E-state index in [-0.39, 0.29) is 5.78 Å². The molecule has 0 bridgehead atoms. The fraction of sp³-hybridized carbons (Fsp3) is 0.444. The lowest BCUT2D eigenvalue weighted by Crippen LogP contribution is -2.32. The maximum absolute atomic E-state index is 11.3. The second kappa shape index (κ2) is 3.37. The topological polar surface area (TPSA) is 37.3 Å². The molecule has 0 saturated heterocycles. The van der Waals surface area contributed by atoms with E-state index in [2.05, 4.69) is 0 Å². The number of ketones is 1. The minimum atomic E-state index is -1.21. The number of hydrogen-bond acceptors (Lipinski definition) is 3. The van der Waals surface area contributed by atoms with E-state index < -0.39 is 5.60 Å². The van der Waals surface area contributed by atoms with Crippen molar-refractivity contribution in [2.75, 3.05) is 0 Å². The van der Waals surface area contributed by atoms with Crippen molar-refractivity contribution < 1.29 is 9.90 Å². The highest BCUT2D eigenvalue weighted by Gasteiger charge is 2.23. The van der Waals surface area contributed by atoms with Gasteiger partial charge in [0.1, 0.15) is 5.60 Å². The standard InChI is InChI=1S/C9H12O2S/c1-9(2,11)8(10)5-7-3-4-12-6-7/h3-4,6,11H,5H2,1-2H3. The molecule has 0 atom stereocenters. The minimum absolute atomic E-state index is 0.138. The van der Waals surface area contributed by atoms with Gasteiger partial charge in [-0.1, -0.05) is 0 Å². The number of rotatable bonds is 3. The summed E-state index contributed by atoms with van der Waals surface area (Å²) in [5.41, 5.74) is -0.228. The molecule has 0 unspecified atom stereocenters. The van der Waals surface area contributed by atoms with E-state index in [0.717, 1.165) is 5.56 Å². The van der Waals surface area contributed by atoms with Gasteiger partial charge in [0.2, 0.25) is 0 Å². The highest BCUT2D eigenvalue weighted by molar-refractivity contribution is 7.07. The van der Waals surface area contributed by atoms with Crippen molar-refractivity contribution in [2.45, 2.75) is 25.9 Å². The Morgan fingerprint density at radius 2 is 2.33 bits per heavy atom. The second-order valence-corrected chi connectivity index (χ2v) is 4.07. The normalized spacial score (nSPS) is 11.6. The molecule has 1 aromatic heterocycles. The van der Waals surface area contributed by atoms with E-state index in [4.69, 9.17) is 0 Å². The fourth-order valence-corrected chi connectivity index (χ4v) is 1.46. The molecule has 0 aliphatic heterocycles. The molecule has 0 fully saturated rings. The molecule has 0 radical (unpaired) electrons. The highest BCUT2D eigenvalue weighted by Crippen LogP contribution is 2.11. The molecule has 3 heteroatoms. The Morgan fingerprint density at radius 1 is 1.67 bits per heavy atom. The lowest BCUT2D eigenvalue weighted by atomic mass is 9.99. The van der Waals surface area contributed by atoms with Crippen molar-refractivity contribution in [1.82, 2.24) is 0 Å². The summed E-state index contributed by atoms with van der Waals surface area (Å²) in [7, 11) is 0. The molecule has 1 N–H and O–H groups in total. The molecule has 1 aromatic rings. The van der Waals surface area contributed by atoms with Gasteiger partial charge in [0.25, 0.3) is 0 Å². The van der Waals surface area contributed by atoms with Gasteiger partial charge >= 0.3 is 0 Å². The van der Waals surface area contributed by atoms with Gasteiger partial charge in [-0.2, -0.15) is 11.3 Å². The maximum atomic E-state index is 11.3. The summed E-state index contributed by atoms with van der Waals surface area (Å²) < 4.78 is 0. The zero-order valence-electron chi connectivity index (χ0n) is 7.20. The van der Waals surface area contributed by atoms with E-state index in [0.29, 0.717) is 6.42 Å². The third-order valence-electron chi connectivity index (χ3n) is 1.63. The van der Waals surface area contributed by atoms with Crippen LogP contribution in [0.25, 0.3) is 0 Å². The maximum Gasteiger partial charge on any atom is 0.168 e. The molecule has 0 aliphatic carbocycles. The van der Waals surface area contributed by atoms with Crippen molar-refractivity contribution in [1.29, 1.82) is 0 Å². The summed E-state index contributed by atoms with van der Waals surface area (Å²) in [6.45, 7) is 3.03. The molecular weight excluding hydrogens is 172 g/mol. The summed E-state index contributed by atoms with van der Waals surface area (Å²) in [6.07, 6.45) is 0.326. The zero-order chi connectivity index (χ0) is 9.19. The lowest BCUT2D eigenvalue weighted by molar-refractivity contribution is -0.133. The SMILES string of the molecule is CC(C)(O)C(=O)Cc1ccsc1. The Kier molecular flexibility index (Phi) is 2.65. The Bertz CT molecular complexity index is 257. The van der Waals surface area contributed by atoms with Crippen LogP contribution in [0.1, 0.15) is 19.4 Å². The molecule has 66 valence electrons. The van der Waals surface area contributed by atoms with Gasteiger partial charge in [0.15, 0.2) is 5.78 Å². The Hall–Kier alpha value is -0.670. The van der Waals surface area contributed by atoms with Crippen LogP contribution in [-0.4, -0.2) is 16.5 Å². The molecule has 0 spiro atoms. The molecule has 2 nitrogen and oxygen atoms in total. The molecule has 1 heterocycles. The number of Topliss-reactive ketones (excluding diaryl/α,β-unsaturated/α-hetero) is 1. The van der Waals surface area contributed by atoms with Gasteiger partial charge in [-0.3, -0.25) is 4.79 Å². The molecule has 0 aromatic carbocycles. The molecule has 0 saturated carbocycles. The van der Waals surface area contributed by atoms with Crippen LogP contribution in [-0.2, 0) is 11.2 Å². The van der Waals surface area contributed by atoms with Crippen LogP contribution in [0.4, 0.5) is 0 Å². The van der Waals surface area contributed by atoms with Crippen LogP contribution in [0, 0.1) is 0 Å². The van der Waals surface area contributed by atoms with Gasteiger partial charge in [-0.25, -0.2) is 0 Å². The molecule has 1 rings (SSSR count). The van der Waals surface area contributed by atoms with Gasteiger partial charge < -0.3 is 5.11 Å². The third-order valence-corrected chi connectivity index (χ3v) is 2.36. The third kappa shape index (κ3) is 2.43. The lowest BCUT2D eigenvalue weighted by Gasteiger charge is -2.14. The van der Waals surface area contributed by atoms with Crippen LogP contribution < -0.4 is 0 Å². The van der Waals surface area contributed by atoms with E-state index in [1.165, 1.54) is 13.8 Å². The fourth-order valence-electron chi connectivity index (χ4n) is 0.795. The Labute approximate surface area is 75.9 Å². The zero-order valence-corrected chi connectivity index (χ0v) is 8.02. The summed E-state index contributed by atoms with van der Waals surface area (Å²) >= 11 is 1.56. The summed E-state index contributed by atoms with van der Waals surface area (Å²) in [5, 5.41) is 13.2. The first-order valence-electron chi connectivity index (χ1n) is 3.77. The Balaban J connectivity index is 2.60. The highest BCUT2D eigenvalue weighted by atomic mass is 32.1. The van der Waals surface area contributed by atoms with Gasteiger partial charge in [0.05, 0.1) is 0 Å². The Morgan fingerprint density at radius 3 is 2.75 bits per heavy atom. The van der Waals surface area contributed by atoms with Crippen molar-refractivity contribution >= 4 is 17.1 Å². The summed E-state index contributed by atoms with van der Waals surface area (Å²) in [6, 6.07) is 1.90. The predicted octanol–water partition coefficient (Wildman–Crippen LogP) is 1.63. The largest absolute Gasteiger partial charge is 0.383 e. The van der Waals surface area contributed by atoms with E-state index in [9.17, 15) is 9.90 Å². The van der Waals surface area contributed by atoms with E-state index in [1.807, 2.05) is 16.8 Å². The first-order chi connectivity index (χ1) is 5.50. The molecule has 0 amide bonds. The average molecular weight is 184 g/mol. The summed E-state index contributed by atoms with van der Waals surface area (Å²) in [5.74, 6) is -0.138. The minimum Gasteiger partial charge on any atom is -0.383 e. The van der Waals surface area contributed by atoms with Crippen LogP contribution in [0.2, 0.25) is 0 Å². The van der Waals surface area contributed by atoms with Crippen LogP contribution in [0.15, 0.2) is 16.8 Å². The van der Waals surface area contributed by atoms with Crippen LogP contribution in [0.5, 0.6) is 0 Å². The van der Waals surface area contributed by atoms with E-state index >= 15 is 0 Å². The summed E-state index contributed by atoms with van der Waals surface area (Å²) in [4.78, 5) is 11.3. The van der Waals surface area contributed by atoms with Crippen LogP contribution >= 0.6 is 11.3 Å². The number of carbonyl (C=O) groups excluding carboxylic acids is 1. The van der Waals surface area contributed by atoms with Crippen molar-refractivity contribution in [3.63, 3.8) is 0 Å². The van der Waals surface area contributed by atoms with Crippen molar-refractivity contribution in [3.8, 4) is 0 Å². The second-order valence-electron chi connectivity index (χ2n) is 3.29. The monoisotopic (exact) mass is 184 g/mol.